The Balaban J connectivity index is 2.37. The van der Waals surface area contributed by atoms with Crippen molar-refractivity contribution < 1.29 is 0 Å². The fourth-order valence-corrected chi connectivity index (χ4v) is 3.51. The summed E-state index contributed by atoms with van der Waals surface area (Å²) in [7, 11) is 1.19. The molecule has 0 atom stereocenters. The van der Waals surface area contributed by atoms with Crippen LogP contribution in [0.2, 0.25) is 39.3 Å². The summed E-state index contributed by atoms with van der Waals surface area (Å²) in [5, 5.41) is 10.1. The van der Waals surface area contributed by atoms with Crippen LogP contribution in [0.5, 0.6) is 0 Å². The molecule has 0 saturated heterocycles. The van der Waals surface area contributed by atoms with E-state index in [0.717, 1.165) is 24.3 Å². The zero-order chi connectivity index (χ0) is 22.4. The van der Waals surface area contributed by atoms with E-state index in [-0.39, 0.29) is 0 Å². The van der Waals surface area contributed by atoms with Crippen molar-refractivity contribution in [3.63, 3.8) is 0 Å². The molecule has 0 aromatic heterocycles. The van der Waals surface area contributed by atoms with E-state index in [0.29, 0.717) is 0 Å². The van der Waals surface area contributed by atoms with Gasteiger partial charge >= 0.3 is 0 Å². The Kier molecular flexibility index (Phi) is 8.20. The van der Waals surface area contributed by atoms with Crippen LogP contribution in [0.1, 0.15) is 24.0 Å². The van der Waals surface area contributed by atoms with Gasteiger partial charge in [-0.3, -0.25) is 0 Å². The van der Waals surface area contributed by atoms with E-state index in [4.69, 9.17) is 10.2 Å². The van der Waals surface area contributed by atoms with E-state index < -0.39 is 16.5 Å². The third-order valence-electron chi connectivity index (χ3n) is 5.30. The van der Waals surface area contributed by atoms with Gasteiger partial charge in [0.15, 0.2) is 16.5 Å². The average Bonchev–Trinajstić information content (AvgIpc) is 2.69. The molecular weight excluding hydrogens is 400 g/mol. The number of hydrogen-bond acceptors (Lipinski definition) is 4. The molecule has 0 fully saturated rings. The number of hydrazone groups is 2. The van der Waals surface area contributed by atoms with E-state index >= 15 is 0 Å². The fourth-order valence-electron chi connectivity index (χ4n) is 2.66. The summed E-state index contributed by atoms with van der Waals surface area (Å²) in [6.07, 6.45) is 1.71. The zero-order valence-electron chi connectivity index (χ0n) is 20.0. The van der Waals surface area contributed by atoms with E-state index in [9.17, 15) is 0 Å². The van der Waals surface area contributed by atoms with Crippen molar-refractivity contribution in [1.29, 1.82) is 0 Å². The van der Waals surface area contributed by atoms with Crippen molar-refractivity contribution in [3.05, 3.63) is 71.8 Å². The maximum absolute atomic E-state index is 5.06. The van der Waals surface area contributed by atoms with Crippen LogP contribution >= 0.6 is 0 Å². The first kappa shape index (κ1) is 24.1. The van der Waals surface area contributed by atoms with Crippen LogP contribution < -0.4 is 0 Å². The molecule has 0 aliphatic rings. The van der Waals surface area contributed by atoms with Gasteiger partial charge in [-0.25, -0.2) is 0 Å². The summed E-state index contributed by atoms with van der Waals surface area (Å²) >= 11 is 0. The van der Waals surface area contributed by atoms with Gasteiger partial charge in [-0.15, -0.1) is 0 Å². The van der Waals surface area contributed by atoms with E-state index in [2.05, 4.69) is 123 Å². The highest BCUT2D eigenvalue weighted by Gasteiger charge is 2.22. The molecule has 0 unspecified atom stereocenters. The molecule has 6 heteroatoms. The number of hydrogen-bond donors (Lipinski definition) is 0. The van der Waals surface area contributed by atoms with Gasteiger partial charge in [0, 0.05) is 14.1 Å². The van der Waals surface area contributed by atoms with Gasteiger partial charge < -0.3 is 9.35 Å². The number of rotatable bonds is 9. The Morgan fingerprint density at radius 1 is 0.600 bits per heavy atom. The third-order valence-corrected chi connectivity index (χ3v) is 9.38. The normalized spacial score (nSPS) is 13.3. The minimum atomic E-state index is -1.51. The van der Waals surface area contributed by atoms with Gasteiger partial charge in [-0.1, -0.05) is 99.9 Å². The smallest absolute Gasteiger partial charge is 0.168 e. The van der Waals surface area contributed by atoms with Crippen LogP contribution in [0.25, 0.3) is 0 Å². The van der Waals surface area contributed by atoms with Crippen LogP contribution in [-0.4, -0.2) is 51.3 Å². The van der Waals surface area contributed by atoms with E-state index in [1.807, 2.05) is 0 Å². The first-order valence-electron chi connectivity index (χ1n) is 10.7. The summed E-state index contributed by atoms with van der Waals surface area (Å²) in [5.74, 6) is 0. The molecule has 0 radical (unpaired) electrons. The zero-order valence-corrected chi connectivity index (χ0v) is 22.0. The number of nitrogens with zero attached hydrogens (tertiary/aromatic N) is 4. The largest absolute Gasteiger partial charge is 0.327 e. The van der Waals surface area contributed by atoms with Crippen LogP contribution in [0.4, 0.5) is 0 Å². The molecule has 2 aromatic carbocycles. The molecule has 0 aliphatic heterocycles. The Hall–Kier alpha value is -2.19. The second-order valence-electron chi connectivity index (χ2n) is 9.71. The highest BCUT2D eigenvalue weighted by molar-refractivity contribution is 6.73. The SMILES string of the molecule is CN(N=C(CCC(=NN(C)[Si](C)(C)C)c1ccccc1)c1ccccc1)[Si](C)(C)C. The lowest BCUT2D eigenvalue weighted by atomic mass is 10.0. The Bertz CT molecular complexity index is 777. The third kappa shape index (κ3) is 7.25. The minimum absolute atomic E-state index is 0.853. The standard InChI is InChI=1S/C24H38N4Si2/c1-27(29(3,4)5)25-23(21-15-11-9-12-16-21)19-20-24(22-17-13-10-14-18-22)26-28(2)30(6,7)8/h9-18H,19-20H2,1-8H3. The molecule has 162 valence electrons. The molecule has 0 spiro atoms. The molecule has 4 nitrogen and oxygen atoms in total. The maximum atomic E-state index is 5.06. The summed E-state index contributed by atoms with van der Waals surface area (Å²) in [6, 6.07) is 21.1. The van der Waals surface area contributed by atoms with Crippen LogP contribution in [0, 0.1) is 0 Å². The van der Waals surface area contributed by atoms with Gasteiger partial charge in [0.1, 0.15) is 0 Å². The predicted octanol–water partition coefficient (Wildman–Crippen LogP) is 6.11. The first-order chi connectivity index (χ1) is 14.0. The topological polar surface area (TPSA) is 31.2 Å². The number of benzene rings is 2. The molecule has 0 N–H and O–H groups in total. The van der Waals surface area contributed by atoms with Crippen molar-refractivity contribution in [2.75, 3.05) is 14.1 Å². The predicted molar refractivity (Wildman–Crippen MR) is 137 cm³/mol. The lowest BCUT2D eigenvalue weighted by Crippen LogP contribution is -2.40. The molecule has 30 heavy (non-hydrogen) atoms. The van der Waals surface area contributed by atoms with Gasteiger partial charge in [0.05, 0.1) is 11.4 Å². The quantitative estimate of drug-likeness (QED) is 0.269. The van der Waals surface area contributed by atoms with Crippen molar-refractivity contribution in [1.82, 2.24) is 9.35 Å². The second-order valence-corrected chi connectivity index (χ2v) is 19.7. The lowest BCUT2D eigenvalue weighted by molar-refractivity contribution is 0.544. The molecule has 2 aromatic rings. The maximum Gasteiger partial charge on any atom is 0.168 e. The van der Waals surface area contributed by atoms with Crippen LogP contribution in [-0.2, 0) is 0 Å². The summed E-state index contributed by atoms with van der Waals surface area (Å²) in [6.45, 7) is 13.9. The molecule has 2 rings (SSSR count). The highest BCUT2D eigenvalue weighted by Crippen LogP contribution is 2.17. The van der Waals surface area contributed by atoms with Crippen LogP contribution in [0.3, 0.4) is 0 Å². The monoisotopic (exact) mass is 438 g/mol. The molecule has 0 saturated carbocycles. The summed E-state index contributed by atoms with van der Waals surface area (Å²) in [5.41, 5.74) is 4.63. The van der Waals surface area contributed by atoms with Gasteiger partial charge in [0.25, 0.3) is 0 Å². The van der Waals surface area contributed by atoms with E-state index in [1.165, 1.54) is 11.1 Å². The Morgan fingerprint density at radius 2 is 0.900 bits per heavy atom. The second kappa shape index (κ2) is 10.2. The van der Waals surface area contributed by atoms with Crippen molar-refractivity contribution in [3.8, 4) is 0 Å². The molecule has 0 aliphatic carbocycles. The Labute approximate surface area is 185 Å². The Morgan fingerprint density at radius 3 is 1.17 bits per heavy atom. The highest BCUT2D eigenvalue weighted by atomic mass is 28.3. The molecular formula is C24H38N4Si2. The fraction of sp³-hybridized carbons (Fsp3) is 0.417. The van der Waals surface area contributed by atoms with E-state index in [1.54, 1.807) is 0 Å². The summed E-state index contributed by atoms with van der Waals surface area (Å²) in [4.78, 5) is 0. The van der Waals surface area contributed by atoms with Gasteiger partial charge in [-0.2, -0.15) is 10.2 Å². The van der Waals surface area contributed by atoms with Crippen LogP contribution in [0.15, 0.2) is 70.9 Å². The molecule has 0 heterocycles. The average molecular weight is 439 g/mol. The van der Waals surface area contributed by atoms with Gasteiger partial charge in [-0.05, 0) is 24.0 Å². The first-order valence-corrected chi connectivity index (χ1v) is 17.6. The molecule has 0 bridgehead atoms. The minimum Gasteiger partial charge on any atom is -0.327 e. The van der Waals surface area contributed by atoms with Gasteiger partial charge in [0.2, 0.25) is 0 Å². The lowest BCUT2D eigenvalue weighted by Gasteiger charge is -2.29. The summed E-state index contributed by atoms with van der Waals surface area (Å²) < 4.78 is 4.39. The van der Waals surface area contributed by atoms with Crippen molar-refractivity contribution in [2.45, 2.75) is 52.1 Å². The van der Waals surface area contributed by atoms with Crippen molar-refractivity contribution in [2.24, 2.45) is 10.2 Å². The molecule has 0 amide bonds. The van der Waals surface area contributed by atoms with Crippen molar-refractivity contribution >= 4 is 27.9 Å².